The number of fused-ring (bicyclic) bond motifs is 1. The molecule has 2 atom stereocenters. The van der Waals surface area contributed by atoms with E-state index in [1.54, 1.807) is 11.3 Å². The zero-order valence-electron chi connectivity index (χ0n) is 7.44. The number of aromatic nitrogens is 2. The van der Waals surface area contributed by atoms with Crippen LogP contribution in [0.15, 0.2) is 0 Å². The van der Waals surface area contributed by atoms with Crippen LogP contribution in [0.3, 0.4) is 0 Å². The van der Waals surface area contributed by atoms with E-state index in [1.807, 2.05) is 0 Å². The number of nitrogens with zero attached hydrogens (tertiary/aromatic N) is 2. The van der Waals surface area contributed by atoms with Gasteiger partial charge in [-0.25, -0.2) is 0 Å². The van der Waals surface area contributed by atoms with Gasteiger partial charge in [-0.2, -0.15) is 0 Å². The van der Waals surface area contributed by atoms with E-state index in [0.29, 0.717) is 6.54 Å². The second-order valence-corrected chi connectivity index (χ2v) is 5.12. The molecule has 70 valence electrons. The second-order valence-electron chi connectivity index (χ2n) is 4.02. The molecule has 2 saturated carbocycles. The van der Waals surface area contributed by atoms with Crippen LogP contribution < -0.4 is 5.73 Å². The quantitative estimate of drug-likeness (QED) is 0.778. The Morgan fingerprint density at radius 1 is 1.31 bits per heavy atom. The van der Waals surface area contributed by atoms with Crippen LogP contribution in [0.25, 0.3) is 0 Å². The summed E-state index contributed by atoms with van der Waals surface area (Å²) in [5.74, 6) is 2.64. The van der Waals surface area contributed by atoms with Crippen LogP contribution >= 0.6 is 11.3 Å². The van der Waals surface area contributed by atoms with E-state index in [-0.39, 0.29) is 0 Å². The minimum Gasteiger partial charge on any atom is -0.324 e. The fraction of sp³-hybridized carbons (Fsp3) is 0.778. The molecule has 0 aliphatic heterocycles. The van der Waals surface area contributed by atoms with Crippen LogP contribution in [0.2, 0.25) is 0 Å². The first kappa shape index (κ1) is 7.88. The highest BCUT2D eigenvalue weighted by Gasteiger charge is 2.54. The van der Waals surface area contributed by atoms with Gasteiger partial charge in [-0.1, -0.05) is 17.8 Å². The Bertz CT molecular complexity index is 312. The molecule has 1 heterocycles. The summed E-state index contributed by atoms with van der Waals surface area (Å²) in [4.78, 5) is 0. The zero-order valence-corrected chi connectivity index (χ0v) is 8.26. The molecule has 0 bridgehead atoms. The molecule has 3 nitrogen and oxygen atoms in total. The minimum absolute atomic E-state index is 0.541. The maximum Gasteiger partial charge on any atom is 0.131 e. The van der Waals surface area contributed by atoms with Crippen molar-refractivity contribution in [3.63, 3.8) is 0 Å². The van der Waals surface area contributed by atoms with E-state index in [2.05, 4.69) is 10.2 Å². The van der Waals surface area contributed by atoms with E-state index in [9.17, 15) is 0 Å². The third-order valence-electron chi connectivity index (χ3n) is 3.35. The summed E-state index contributed by atoms with van der Waals surface area (Å²) in [7, 11) is 0. The van der Waals surface area contributed by atoms with Crippen molar-refractivity contribution in [1.29, 1.82) is 0 Å². The number of nitrogens with two attached hydrogens (primary N) is 1. The lowest BCUT2D eigenvalue weighted by molar-refractivity contribution is 0.674. The maximum atomic E-state index is 5.51. The normalized spacial score (nSPS) is 36.2. The summed E-state index contributed by atoms with van der Waals surface area (Å²) in [6, 6.07) is 0. The van der Waals surface area contributed by atoms with Gasteiger partial charge in [0, 0.05) is 12.5 Å². The lowest BCUT2D eigenvalue weighted by atomic mass is 10.2. The Balaban J connectivity index is 1.79. The lowest BCUT2D eigenvalue weighted by Crippen LogP contribution is -1.94. The van der Waals surface area contributed by atoms with Crippen LogP contribution in [0.5, 0.6) is 0 Å². The SMILES string of the molecule is NCc1nnc(C2C3CCCC32)s1. The molecule has 13 heavy (non-hydrogen) atoms. The monoisotopic (exact) mass is 195 g/mol. The first-order valence-electron chi connectivity index (χ1n) is 4.92. The third-order valence-corrected chi connectivity index (χ3v) is 4.40. The smallest absolute Gasteiger partial charge is 0.131 e. The summed E-state index contributed by atoms with van der Waals surface area (Å²) in [6.07, 6.45) is 4.24. The fourth-order valence-electron chi connectivity index (χ4n) is 2.67. The first-order valence-corrected chi connectivity index (χ1v) is 5.74. The Kier molecular flexibility index (Phi) is 1.67. The predicted octanol–water partition coefficient (Wildman–Crippen LogP) is 1.51. The molecule has 1 aromatic rings. The molecular formula is C9H13N3S. The Morgan fingerprint density at radius 2 is 2.08 bits per heavy atom. The molecule has 2 fully saturated rings. The number of hydrogen-bond acceptors (Lipinski definition) is 4. The molecule has 3 rings (SSSR count). The highest BCUT2D eigenvalue weighted by Crippen LogP contribution is 2.63. The standard InChI is InChI=1S/C9H13N3S/c10-4-7-11-12-9(13-7)8-5-2-1-3-6(5)8/h5-6,8H,1-4,10H2. The van der Waals surface area contributed by atoms with Gasteiger partial charge in [-0.3, -0.25) is 0 Å². The minimum atomic E-state index is 0.541. The van der Waals surface area contributed by atoms with Gasteiger partial charge in [0.25, 0.3) is 0 Å². The highest BCUT2D eigenvalue weighted by atomic mass is 32.1. The van der Waals surface area contributed by atoms with E-state index in [1.165, 1.54) is 24.3 Å². The van der Waals surface area contributed by atoms with Crippen molar-refractivity contribution in [2.24, 2.45) is 17.6 Å². The lowest BCUT2D eigenvalue weighted by Gasteiger charge is -1.95. The van der Waals surface area contributed by atoms with Gasteiger partial charge in [-0.05, 0) is 24.7 Å². The van der Waals surface area contributed by atoms with Crippen molar-refractivity contribution in [2.45, 2.75) is 31.7 Å². The molecule has 4 heteroatoms. The largest absolute Gasteiger partial charge is 0.324 e. The molecule has 0 amide bonds. The highest BCUT2D eigenvalue weighted by molar-refractivity contribution is 7.11. The molecule has 2 N–H and O–H groups in total. The summed E-state index contributed by atoms with van der Waals surface area (Å²) in [5, 5.41) is 10.5. The predicted molar refractivity (Wildman–Crippen MR) is 51.4 cm³/mol. The fourth-order valence-corrected chi connectivity index (χ4v) is 3.65. The zero-order chi connectivity index (χ0) is 8.84. The van der Waals surface area contributed by atoms with E-state index >= 15 is 0 Å². The van der Waals surface area contributed by atoms with Crippen molar-refractivity contribution >= 4 is 11.3 Å². The molecule has 2 unspecified atom stereocenters. The summed E-state index contributed by atoms with van der Waals surface area (Å²) >= 11 is 1.71. The summed E-state index contributed by atoms with van der Waals surface area (Å²) in [5.41, 5.74) is 5.51. The van der Waals surface area contributed by atoms with Gasteiger partial charge in [0.15, 0.2) is 0 Å². The number of hydrogen-bond donors (Lipinski definition) is 1. The van der Waals surface area contributed by atoms with Crippen LogP contribution in [0, 0.1) is 11.8 Å². The van der Waals surface area contributed by atoms with Gasteiger partial charge in [0.1, 0.15) is 10.0 Å². The molecule has 0 radical (unpaired) electrons. The van der Waals surface area contributed by atoms with Crippen molar-refractivity contribution in [2.75, 3.05) is 0 Å². The Labute approximate surface area is 81.4 Å². The van der Waals surface area contributed by atoms with Crippen molar-refractivity contribution in [3.05, 3.63) is 10.0 Å². The average Bonchev–Trinajstić information content (AvgIpc) is 2.65. The molecule has 0 saturated heterocycles. The number of rotatable bonds is 2. The molecular weight excluding hydrogens is 182 g/mol. The van der Waals surface area contributed by atoms with E-state index in [4.69, 9.17) is 5.73 Å². The van der Waals surface area contributed by atoms with Crippen LogP contribution in [-0.4, -0.2) is 10.2 Å². The summed E-state index contributed by atoms with van der Waals surface area (Å²) < 4.78 is 0. The van der Waals surface area contributed by atoms with E-state index in [0.717, 1.165) is 22.8 Å². The third kappa shape index (κ3) is 1.12. The molecule has 1 aromatic heterocycles. The Hall–Kier alpha value is -0.480. The first-order chi connectivity index (χ1) is 6.40. The molecule has 2 aliphatic rings. The molecule has 0 aromatic carbocycles. The Morgan fingerprint density at radius 3 is 2.69 bits per heavy atom. The van der Waals surface area contributed by atoms with Crippen molar-refractivity contribution < 1.29 is 0 Å². The topological polar surface area (TPSA) is 51.8 Å². The van der Waals surface area contributed by atoms with E-state index < -0.39 is 0 Å². The van der Waals surface area contributed by atoms with Crippen LogP contribution in [0.4, 0.5) is 0 Å². The summed E-state index contributed by atoms with van der Waals surface area (Å²) in [6.45, 7) is 0.541. The van der Waals surface area contributed by atoms with Crippen LogP contribution in [-0.2, 0) is 6.54 Å². The molecule has 2 aliphatic carbocycles. The van der Waals surface area contributed by atoms with Gasteiger partial charge < -0.3 is 5.73 Å². The van der Waals surface area contributed by atoms with Gasteiger partial charge in [0.05, 0.1) is 0 Å². The van der Waals surface area contributed by atoms with Crippen molar-refractivity contribution in [3.8, 4) is 0 Å². The molecule has 0 spiro atoms. The van der Waals surface area contributed by atoms with Gasteiger partial charge in [-0.15, -0.1) is 10.2 Å². The van der Waals surface area contributed by atoms with Crippen LogP contribution in [0.1, 0.15) is 35.2 Å². The maximum absolute atomic E-state index is 5.51. The van der Waals surface area contributed by atoms with Crippen molar-refractivity contribution in [1.82, 2.24) is 10.2 Å². The average molecular weight is 195 g/mol. The van der Waals surface area contributed by atoms with Gasteiger partial charge in [0.2, 0.25) is 0 Å². The second kappa shape index (κ2) is 2.75. The van der Waals surface area contributed by atoms with Gasteiger partial charge >= 0.3 is 0 Å².